The molecule has 0 spiro atoms. The van der Waals surface area contributed by atoms with Crippen molar-refractivity contribution in [3.8, 4) is 39.1 Å². The van der Waals surface area contributed by atoms with Gasteiger partial charge in [-0.2, -0.15) is 0 Å². The maximum absolute atomic E-state index is 6.79. The normalized spacial score (nSPS) is 13.9. The van der Waals surface area contributed by atoms with Crippen LogP contribution in [-0.4, -0.2) is 4.57 Å². The van der Waals surface area contributed by atoms with Crippen LogP contribution in [0, 0.1) is 0 Å². The fourth-order valence-corrected chi connectivity index (χ4v) is 9.98. The van der Waals surface area contributed by atoms with Crippen LogP contribution in [0.1, 0.15) is 42.1 Å². The molecule has 0 saturated heterocycles. The molecule has 0 fully saturated rings. The number of para-hydroxylation sites is 1. The van der Waals surface area contributed by atoms with Crippen LogP contribution in [0.3, 0.4) is 0 Å². The van der Waals surface area contributed by atoms with Gasteiger partial charge in [-0.3, -0.25) is 0 Å². The van der Waals surface area contributed by atoms with Gasteiger partial charge in [0.25, 0.3) is 0 Å². The number of rotatable bonds is 6. The summed E-state index contributed by atoms with van der Waals surface area (Å²) in [6, 6.07) is 67.4. The van der Waals surface area contributed by atoms with Gasteiger partial charge in [0.1, 0.15) is 0 Å². The third-order valence-corrected chi connectivity index (χ3v) is 12.7. The standard InChI is InChI=1S/C56H43N3/c1-56(2)53-46-24-9-7-21-43(46)42-20-6-8-23-45(42)52(53)48-31-30-47-44-22-10-11-25-51(44)59(55(47)54(48)56)41-19-13-17-39(33-41)38-16-12-18-40(32-38)50(58)34-49(57)37-28-26-36(27-29-37)35-14-4-3-5-15-35/h3-34,49H,57-58H2,1-2H3/b50-34-. The second-order valence-corrected chi connectivity index (χ2v) is 16.5. The third-order valence-electron chi connectivity index (χ3n) is 12.7. The topological polar surface area (TPSA) is 57.0 Å². The van der Waals surface area contributed by atoms with Crippen LogP contribution >= 0.6 is 0 Å². The minimum absolute atomic E-state index is 0.263. The SMILES string of the molecule is CC1(C)c2c(c3ccccc3c3ccccc23)-c2ccc3c4ccccc4n(-c4cccc(-c5cccc(/C(N)=C/C(N)c6ccc(-c7ccccc7)cc6)c5)c4)c3c21. The maximum atomic E-state index is 6.79. The van der Waals surface area contributed by atoms with E-state index >= 15 is 0 Å². The Balaban J connectivity index is 1.02. The van der Waals surface area contributed by atoms with E-state index in [9.17, 15) is 0 Å². The molecule has 11 rings (SSSR count). The van der Waals surface area contributed by atoms with Crippen LogP contribution in [0.5, 0.6) is 0 Å². The average molecular weight is 758 g/mol. The monoisotopic (exact) mass is 757 g/mol. The van der Waals surface area contributed by atoms with Crippen molar-refractivity contribution in [1.82, 2.24) is 4.57 Å². The zero-order chi connectivity index (χ0) is 39.8. The molecule has 282 valence electrons. The molecule has 4 N–H and O–H groups in total. The van der Waals surface area contributed by atoms with E-state index in [1.165, 1.54) is 71.2 Å². The van der Waals surface area contributed by atoms with Gasteiger partial charge >= 0.3 is 0 Å². The Morgan fingerprint density at radius 2 is 1.10 bits per heavy atom. The molecular formula is C56H43N3. The summed E-state index contributed by atoms with van der Waals surface area (Å²) in [5.41, 5.74) is 29.5. The molecule has 1 aliphatic carbocycles. The van der Waals surface area contributed by atoms with E-state index in [-0.39, 0.29) is 11.5 Å². The summed E-state index contributed by atoms with van der Waals surface area (Å²) in [4.78, 5) is 0. The molecule has 9 aromatic carbocycles. The second-order valence-electron chi connectivity index (χ2n) is 16.5. The van der Waals surface area contributed by atoms with Crippen molar-refractivity contribution in [2.24, 2.45) is 11.5 Å². The zero-order valence-electron chi connectivity index (χ0n) is 33.2. The summed E-state index contributed by atoms with van der Waals surface area (Å²) in [5, 5.41) is 7.77. The number of aromatic nitrogens is 1. The fraction of sp³-hybridized carbons (Fsp3) is 0.0714. The van der Waals surface area contributed by atoms with Crippen LogP contribution in [0.2, 0.25) is 0 Å². The van der Waals surface area contributed by atoms with Gasteiger partial charge in [-0.1, -0.05) is 178 Å². The first kappa shape index (κ1) is 35.0. The van der Waals surface area contributed by atoms with Crippen molar-refractivity contribution >= 4 is 49.0 Å². The largest absolute Gasteiger partial charge is 0.398 e. The molecule has 1 heterocycles. The lowest BCUT2D eigenvalue weighted by atomic mass is 9.78. The molecule has 0 bridgehead atoms. The van der Waals surface area contributed by atoms with E-state index in [1.807, 2.05) is 12.1 Å². The Morgan fingerprint density at radius 1 is 0.508 bits per heavy atom. The summed E-state index contributed by atoms with van der Waals surface area (Å²) in [5.74, 6) is 0. The Morgan fingerprint density at radius 3 is 1.86 bits per heavy atom. The van der Waals surface area contributed by atoms with Crippen LogP contribution in [0.25, 0.3) is 88.1 Å². The van der Waals surface area contributed by atoms with Gasteiger partial charge in [0.2, 0.25) is 0 Å². The predicted octanol–water partition coefficient (Wildman–Crippen LogP) is 13.7. The quantitative estimate of drug-likeness (QED) is 0.166. The summed E-state index contributed by atoms with van der Waals surface area (Å²) >= 11 is 0. The van der Waals surface area contributed by atoms with Crippen molar-refractivity contribution in [3.05, 3.63) is 216 Å². The molecule has 59 heavy (non-hydrogen) atoms. The van der Waals surface area contributed by atoms with E-state index < -0.39 is 0 Å². The highest BCUT2D eigenvalue weighted by molar-refractivity contribution is 6.21. The van der Waals surface area contributed by atoms with Crippen molar-refractivity contribution in [3.63, 3.8) is 0 Å². The van der Waals surface area contributed by atoms with E-state index in [4.69, 9.17) is 11.5 Å². The first-order valence-corrected chi connectivity index (χ1v) is 20.5. The lowest BCUT2D eigenvalue weighted by molar-refractivity contribution is 0.670. The molecule has 1 atom stereocenters. The average Bonchev–Trinajstić information content (AvgIpc) is 3.75. The molecule has 1 unspecified atom stereocenters. The van der Waals surface area contributed by atoms with Gasteiger partial charge in [0.05, 0.1) is 17.1 Å². The number of fused-ring (bicyclic) bond motifs is 12. The number of nitrogens with two attached hydrogens (primary N) is 2. The Labute approximate surface area is 344 Å². The summed E-state index contributed by atoms with van der Waals surface area (Å²) in [7, 11) is 0. The van der Waals surface area contributed by atoms with E-state index in [0.717, 1.165) is 33.5 Å². The Bertz CT molecular complexity index is 3310. The van der Waals surface area contributed by atoms with Gasteiger partial charge < -0.3 is 16.0 Å². The minimum Gasteiger partial charge on any atom is -0.398 e. The second kappa shape index (κ2) is 13.4. The molecule has 0 aliphatic heterocycles. The molecule has 1 aliphatic rings. The van der Waals surface area contributed by atoms with Gasteiger partial charge in [-0.15, -0.1) is 0 Å². The summed E-state index contributed by atoms with van der Waals surface area (Å²) in [6.45, 7) is 4.84. The lowest BCUT2D eigenvalue weighted by Gasteiger charge is -2.25. The first-order valence-electron chi connectivity index (χ1n) is 20.5. The number of benzene rings is 9. The number of hydrogen-bond donors (Lipinski definition) is 2. The van der Waals surface area contributed by atoms with Crippen LogP contribution in [-0.2, 0) is 5.41 Å². The summed E-state index contributed by atoms with van der Waals surface area (Å²) < 4.78 is 2.51. The highest BCUT2D eigenvalue weighted by Crippen LogP contribution is 2.57. The molecule has 0 saturated carbocycles. The first-order chi connectivity index (χ1) is 28.9. The molecular weight excluding hydrogens is 715 g/mol. The lowest BCUT2D eigenvalue weighted by Crippen LogP contribution is -2.17. The highest BCUT2D eigenvalue weighted by Gasteiger charge is 2.41. The van der Waals surface area contributed by atoms with Gasteiger partial charge in [-0.25, -0.2) is 0 Å². The Hall–Kier alpha value is -7.20. The van der Waals surface area contributed by atoms with Gasteiger partial charge in [0.15, 0.2) is 0 Å². The minimum atomic E-state index is -0.338. The van der Waals surface area contributed by atoms with Crippen LogP contribution in [0.4, 0.5) is 0 Å². The van der Waals surface area contributed by atoms with E-state index in [1.54, 1.807) is 0 Å². The van der Waals surface area contributed by atoms with Crippen molar-refractivity contribution in [1.29, 1.82) is 0 Å². The molecule has 3 nitrogen and oxygen atoms in total. The molecule has 0 amide bonds. The smallest absolute Gasteiger partial charge is 0.0588 e. The van der Waals surface area contributed by atoms with Crippen molar-refractivity contribution in [2.45, 2.75) is 25.3 Å². The predicted molar refractivity (Wildman–Crippen MR) is 250 cm³/mol. The van der Waals surface area contributed by atoms with E-state index in [0.29, 0.717) is 5.70 Å². The van der Waals surface area contributed by atoms with Gasteiger partial charge in [-0.05, 0) is 108 Å². The molecule has 10 aromatic rings. The molecule has 1 aromatic heterocycles. The van der Waals surface area contributed by atoms with E-state index in [2.05, 4.69) is 200 Å². The maximum Gasteiger partial charge on any atom is 0.0588 e. The molecule has 3 heteroatoms. The van der Waals surface area contributed by atoms with Crippen molar-refractivity contribution < 1.29 is 0 Å². The van der Waals surface area contributed by atoms with Crippen LogP contribution < -0.4 is 11.5 Å². The number of nitrogens with zero attached hydrogens (tertiary/aromatic N) is 1. The molecule has 0 radical (unpaired) electrons. The van der Waals surface area contributed by atoms with Crippen molar-refractivity contribution in [2.75, 3.05) is 0 Å². The summed E-state index contributed by atoms with van der Waals surface area (Å²) in [6.07, 6.45) is 1.96. The zero-order valence-corrected chi connectivity index (χ0v) is 33.2. The third kappa shape index (κ3) is 5.46. The van der Waals surface area contributed by atoms with Crippen LogP contribution in [0.15, 0.2) is 194 Å². The Kier molecular flexibility index (Phi) is 7.98. The van der Waals surface area contributed by atoms with Gasteiger partial charge in [0, 0.05) is 27.6 Å². The number of hydrogen-bond acceptors (Lipinski definition) is 2. The highest BCUT2D eigenvalue weighted by atomic mass is 15.0. The fourth-order valence-electron chi connectivity index (χ4n) is 9.98.